The molecule has 0 unspecified atom stereocenters. The van der Waals surface area contributed by atoms with Gasteiger partial charge in [0, 0.05) is 34.5 Å². The van der Waals surface area contributed by atoms with Gasteiger partial charge in [-0.3, -0.25) is 10.0 Å². The largest absolute Gasteiger partial charge is 0.487 e. The fourth-order valence-corrected chi connectivity index (χ4v) is 4.13. The van der Waals surface area contributed by atoms with Crippen LogP contribution < -0.4 is 20.3 Å². The third kappa shape index (κ3) is 5.39. The SMILES string of the molecule is COc1ccc(NC/C(=C\c2ccc(C(=O)NO)cc2)COc2cccc3c2[nH]c2ccccc23)cn1. The molecule has 5 rings (SSSR count). The number of amides is 1. The van der Waals surface area contributed by atoms with Crippen molar-refractivity contribution in [3.05, 3.63) is 102 Å². The van der Waals surface area contributed by atoms with Crippen molar-refractivity contribution in [2.45, 2.75) is 0 Å². The number of carbonyl (C=O) groups is 1. The summed E-state index contributed by atoms with van der Waals surface area (Å²) in [5.74, 6) is 0.753. The van der Waals surface area contributed by atoms with E-state index in [0.717, 1.165) is 44.4 Å². The molecule has 0 aliphatic carbocycles. The average Bonchev–Trinajstić information content (AvgIpc) is 3.34. The lowest BCUT2D eigenvalue weighted by atomic mass is 10.1. The predicted octanol–water partition coefficient (Wildman–Crippen LogP) is 5.42. The van der Waals surface area contributed by atoms with Gasteiger partial charge in [0.15, 0.2) is 0 Å². The van der Waals surface area contributed by atoms with Crippen molar-refractivity contribution in [2.24, 2.45) is 0 Å². The number of carbonyl (C=O) groups excluding carboxylic acids is 1. The highest BCUT2D eigenvalue weighted by Gasteiger charge is 2.10. The highest BCUT2D eigenvalue weighted by molar-refractivity contribution is 6.09. The zero-order chi connectivity index (χ0) is 25.6. The van der Waals surface area contributed by atoms with Crippen LogP contribution in [0.15, 0.2) is 90.6 Å². The second-order valence-electron chi connectivity index (χ2n) is 8.45. The quantitative estimate of drug-likeness (QED) is 0.161. The summed E-state index contributed by atoms with van der Waals surface area (Å²) in [5, 5.41) is 14.5. The van der Waals surface area contributed by atoms with Gasteiger partial charge < -0.3 is 19.8 Å². The maximum atomic E-state index is 11.7. The number of para-hydroxylation sites is 2. The van der Waals surface area contributed by atoms with E-state index in [1.54, 1.807) is 37.0 Å². The zero-order valence-corrected chi connectivity index (χ0v) is 20.2. The molecule has 3 aromatic carbocycles. The fourth-order valence-electron chi connectivity index (χ4n) is 4.13. The molecule has 2 aromatic heterocycles. The van der Waals surface area contributed by atoms with Gasteiger partial charge in [-0.1, -0.05) is 48.5 Å². The van der Waals surface area contributed by atoms with Gasteiger partial charge in [-0.25, -0.2) is 10.5 Å². The molecule has 5 aromatic rings. The van der Waals surface area contributed by atoms with Crippen LogP contribution in [0.4, 0.5) is 5.69 Å². The number of anilines is 1. The Morgan fingerprint density at radius 1 is 1.00 bits per heavy atom. The van der Waals surface area contributed by atoms with Crippen molar-refractivity contribution in [2.75, 3.05) is 25.6 Å². The number of ether oxygens (including phenoxy) is 2. The number of hydrogen-bond acceptors (Lipinski definition) is 6. The Hall–Kier alpha value is -4.82. The molecule has 0 radical (unpaired) electrons. The first-order valence-corrected chi connectivity index (χ1v) is 11.7. The number of fused-ring (bicyclic) bond motifs is 3. The van der Waals surface area contributed by atoms with Gasteiger partial charge in [-0.2, -0.15) is 0 Å². The van der Waals surface area contributed by atoms with Crippen LogP contribution in [0, 0.1) is 0 Å². The molecule has 4 N–H and O–H groups in total. The summed E-state index contributed by atoms with van der Waals surface area (Å²) in [6.07, 6.45) is 3.72. The summed E-state index contributed by atoms with van der Waals surface area (Å²) in [6, 6.07) is 24.9. The Morgan fingerprint density at radius 2 is 1.81 bits per heavy atom. The Labute approximate surface area is 213 Å². The zero-order valence-electron chi connectivity index (χ0n) is 20.2. The Kier molecular flexibility index (Phi) is 7.00. The number of nitrogens with one attached hydrogen (secondary N) is 3. The van der Waals surface area contributed by atoms with Crippen molar-refractivity contribution in [3.8, 4) is 11.6 Å². The topological polar surface area (TPSA) is 109 Å². The molecule has 0 spiro atoms. The second kappa shape index (κ2) is 10.8. The van der Waals surface area contributed by atoms with E-state index in [2.05, 4.69) is 33.5 Å². The number of aromatic amines is 1. The van der Waals surface area contributed by atoms with E-state index in [0.29, 0.717) is 24.6 Å². The van der Waals surface area contributed by atoms with Gasteiger partial charge in [0.25, 0.3) is 5.91 Å². The number of pyridine rings is 1. The van der Waals surface area contributed by atoms with Gasteiger partial charge in [-0.05, 0) is 41.5 Å². The average molecular weight is 495 g/mol. The van der Waals surface area contributed by atoms with Gasteiger partial charge in [0.2, 0.25) is 5.88 Å². The van der Waals surface area contributed by atoms with Crippen LogP contribution in [0.5, 0.6) is 11.6 Å². The van der Waals surface area contributed by atoms with E-state index in [-0.39, 0.29) is 0 Å². The predicted molar refractivity (Wildman–Crippen MR) is 144 cm³/mol. The van der Waals surface area contributed by atoms with E-state index in [9.17, 15) is 4.79 Å². The molecule has 0 atom stereocenters. The van der Waals surface area contributed by atoms with Crippen LogP contribution in [-0.4, -0.2) is 41.3 Å². The van der Waals surface area contributed by atoms with Crippen LogP contribution in [0.2, 0.25) is 0 Å². The number of H-pyrrole nitrogens is 1. The molecule has 0 bridgehead atoms. The van der Waals surface area contributed by atoms with E-state index in [1.807, 2.05) is 48.5 Å². The molecular weight excluding hydrogens is 468 g/mol. The minimum atomic E-state index is -0.556. The minimum absolute atomic E-state index is 0.337. The molecule has 1 amide bonds. The number of nitrogens with zero attached hydrogens (tertiary/aromatic N) is 1. The normalized spacial score (nSPS) is 11.5. The molecule has 186 valence electrons. The smallest absolute Gasteiger partial charge is 0.274 e. The lowest BCUT2D eigenvalue weighted by Gasteiger charge is -2.13. The fraction of sp³-hybridized carbons (Fsp3) is 0.103. The molecule has 0 saturated heterocycles. The first kappa shape index (κ1) is 23.9. The third-order valence-electron chi connectivity index (χ3n) is 6.03. The van der Waals surface area contributed by atoms with Crippen molar-refractivity contribution >= 4 is 39.5 Å². The standard InChI is InChI=1S/C29H26N4O4/c1-36-27-14-13-22(17-31-27)30-16-20(15-19-9-11-21(12-10-19)29(34)33-35)18-37-26-8-4-6-24-23-5-2-3-7-25(23)32-28(24)26/h2-15,17,30,32,35H,16,18H2,1H3,(H,33,34)/b20-15+. The van der Waals surface area contributed by atoms with E-state index in [1.165, 1.54) is 0 Å². The number of benzene rings is 3. The summed E-state index contributed by atoms with van der Waals surface area (Å²) in [4.78, 5) is 19.4. The van der Waals surface area contributed by atoms with Gasteiger partial charge >= 0.3 is 0 Å². The molecule has 37 heavy (non-hydrogen) atoms. The van der Waals surface area contributed by atoms with E-state index in [4.69, 9.17) is 14.7 Å². The van der Waals surface area contributed by atoms with Crippen LogP contribution in [0.25, 0.3) is 27.9 Å². The minimum Gasteiger partial charge on any atom is -0.487 e. The number of aromatic nitrogens is 2. The van der Waals surface area contributed by atoms with Crippen LogP contribution in [0.3, 0.4) is 0 Å². The van der Waals surface area contributed by atoms with Crippen molar-refractivity contribution in [3.63, 3.8) is 0 Å². The van der Waals surface area contributed by atoms with Gasteiger partial charge in [0.1, 0.15) is 12.4 Å². The maximum Gasteiger partial charge on any atom is 0.274 e. The molecule has 0 aliphatic heterocycles. The summed E-state index contributed by atoms with van der Waals surface area (Å²) in [5.41, 5.74) is 6.75. The monoisotopic (exact) mass is 494 g/mol. The van der Waals surface area contributed by atoms with Crippen molar-refractivity contribution in [1.82, 2.24) is 15.4 Å². The number of methoxy groups -OCH3 is 1. The highest BCUT2D eigenvalue weighted by atomic mass is 16.5. The molecule has 8 nitrogen and oxygen atoms in total. The van der Waals surface area contributed by atoms with Gasteiger partial charge in [-0.15, -0.1) is 0 Å². The molecule has 8 heteroatoms. The number of hydroxylamine groups is 1. The third-order valence-corrected chi connectivity index (χ3v) is 6.03. The lowest BCUT2D eigenvalue weighted by molar-refractivity contribution is 0.0706. The van der Waals surface area contributed by atoms with Crippen molar-refractivity contribution in [1.29, 1.82) is 0 Å². The van der Waals surface area contributed by atoms with Crippen LogP contribution in [0.1, 0.15) is 15.9 Å². The molecular formula is C29H26N4O4. The Balaban J connectivity index is 1.39. The highest BCUT2D eigenvalue weighted by Crippen LogP contribution is 2.31. The Morgan fingerprint density at radius 3 is 2.57 bits per heavy atom. The molecule has 2 heterocycles. The number of hydrogen-bond donors (Lipinski definition) is 4. The van der Waals surface area contributed by atoms with Crippen LogP contribution in [-0.2, 0) is 0 Å². The molecule has 0 aliphatic rings. The summed E-state index contributed by atoms with van der Waals surface area (Å²) >= 11 is 0. The first-order chi connectivity index (χ1) is 18.1. The van der Waals surface area contributed by atoms with E-state index >= 15 is 0 Å². The molecule has 0 fully saturated rings. The summed E-state index contributed by atoms with van der Waals surface area (Å²) < 4.78 is 11.5. The van der Waals surface area contributed by atoms with E-state index < -0.39 is 5.91 Å². The maximum absolute atomic E-state index is 11.7. The lowest BCUT2D eigenvalue weighted by Crippen LogP contribution is -2.18. The second-order valence-corrected chi connectivity index (χ2v) is 8.45. The van der Waals surface area contributed by atoms with Gasteiger partial charge in [0.05, 0.1) is 24.5 Å². The van der Waals surface area contributed by atoms with Crippen molar-refractivity contribution < 1.29 is 19.5 Å². The van der Waals surface area contributed by atoms with Crippen LogP contribution >= 0.6 is 0 Å². The molecule has 0 saturated carbocycles. The number of rotatable bonds is 9. The summed E-state index contributed by atoms with van der Waals surface area (Å²) in [7, 11) is 1.58. The first-order valence-electron chi connectivity index (χ1n) is 11.7. The summed E-state index contributed by atoms with van der Waals surface area (Å²) in [6.45, 7) is 0.847. The Bertz CT molecular complexity index is 1560.